The monoisotopic (exact) mass is 272 g/mol. The molecule has 0 rings (SSSR count). The Kier molecular flexibility index (Phi) is 8.39. The van der Waals surface area contributed by atoms with Gasteiger partial charge in [0.25, 0.3) is 0 Å². The fourth-order valence-corrected chi connectivity index (χ4v) is 2.10. The minimum Gasteiger partial charge on any atom is -0.480 e. The molecule has 0 aromatic carbocycles. The molecule has 0 fully saturated rings. The first-order chi connectivity index (χ1) is 8.79. The normalized spacial score (nSPS) is 14.5. The molecule has 1 unspecified atom stereocenters. The van der Waals surface area contributed by atoms with Crippen molar-refractivity contribution in [2.45, 2.75) is 53.0 Å². The molecule has 5 nitrogen and oxygen atoms in total. The summed E-state index contributed by atoms with van der Waals surface area (Å²) in [5, 5.41) is 11.6. The van der Waals surface area contributed by atoms with Crippen molar-refractivity contribution in [2.24, 2.45) is 23.5 Å². The van der Waals surface area contributed by atoms with Crippen LogP contribution in [0.3, 0.4) is 0 Å². The number of carboxylic acid groups (broad SMARTS) is 1. The Labute approximate surface area is 115 Å². The Balaban J connectivity index is 4.26. The van der Waals surface area contributed by atoms with Crippen molar-refractivity contribution in [3.8, 4) is 0 Å². The molecule has 0 spiro atoms. The first-order valence-corrected chi connectivity index (χ1v) is 7.01. The molecular weight excluding hydrogens is 244 g/mol. The summed E-state index contributed by atoms with van der Waals surface area (Å²) in [5.41, 5.74) is 5.56. The molecule has 2 atom stereocenters. The van der Waals surface area contributed by atoms with Crippen LogP contribution < -0.4 is 11.1 Å². The minimum atomic E-state index is -0.981. The highest BCUT2D eigenvalue weighted by Gasteiger charge is 2.23. The standard InChI is InChI=1S/C14H28N2O3/c1-9(2)11(7-8-15)5-6-12(17)16-13(10(3)4)14(18)19/h9-11,13H,5-8,15H2,1-4H3,(H,16,17)(H,18,19)/t11?,13-/m0/s1. The summed E-state index contributed by atoms with van der Waals surface area (Å²) in [6.07, 6.45) is 2.02. The van der Waals surface area contributed by atoms with Gasteiger partial charge in [-0.1, -0.05) is 27.7 Å². The molecule has 19 heavy (non-hydrogen) atoms. The van der Waals surface area contributed by atoms with Gasteiger partial charge in [0.05, 0.1) is 0 Å². The zero-order valence-corrected chi connectivity index (χ0v) is 12.5. The van der Waals surface area contributed by atoms with Gasteiger partial charge in [-0.3, -0.25) is 4.79 Å². The third kappa shape index (κ3) is 7.15. The number of carboxylic acids is 1. The minimum absolute atomic E-state index is 0.119. The lowest BCUT2D eigenvalue weighted by Crippen LogP contribution is -2.44. The number of hydrogen-bond acceptors (Lipinski definition) is 3. The van der Waals surface area contributed by atoms with Gasteiger partial charge in [-0.25, -0.2) is 4.79 Å². The van der Waals surface area contributed by atoms with Gasteiger partial charge in [-0.05, 0) is 37.1 Å². The van der Waals surface area contributed by atoms with Gasteiger partial charge in [0.15, 0.2) is 0 Å². The molecule has 0 radical (unpaired) electrons. The van der Waals surface area contributed by atoms with Crippen LogP contribution in [0, 0.1) is 17.8 Å². The van der Waals surface area contributed by atoms with Crippen molar-refractivity contribution >= 4 is 11.9 Å². The summed E-state index contributed by atoms with van der Waals surface area (Å²) in [7, 11) is 0. The second-order valence-electron chi connectivity index (χ2n) is 5.75. The first-order valence-electron chi connectivity index (χ1n) is 7.01. The highest BCUT2D eigenvalue weighted by molar-refractivity contribution is 5.83. The van der Waals surface area contributed by atoms with Crippen molar-refractivity contribution in [3.05, 3.63) is 0 Å². The van der Waals surface area contributed by atoms with Crippen molar-refractivity contribution in [3.63, 3.8) is 0 Å². The van der Waals surface area contributed by atoms with E-state index in [1.165, 1.54) is 0 Å². The first kappa shape index (κ1) is 17.9. The molecule has 0 heterocycles. The number of hydrogen-bond donors (Lipinski definition) is 3. The fourth-order valence-electron chi connectivity index (χ4n) is 2.10. The molecule has 0 aromatic rings. The van der Waals surface area contributed by atoms with Gasteiger partial charge < -0.3 is 16.2 Å². The van der Waals surface area contributed by atoms with E-state index in [0.717, 1.165) is 12.8 Å². The topological polar surface area (TPSA) is 92.4 Å². The van der Waals surface area contributed by atoms with Crippen molar-refractivity contribution < 1.29 is 14.7 Å². The van der Waals surface area contributed by atoms with Crippen LogP contribution in [0.15, 0.2) is 0 Å². The lowest BCUT2D eigenvalue weighted by atomic mass is 9.88. The summed E-state index contributed by atoms with van der Waals surface area (Å²) in [4.78, 5) is 22.8. The van der Waals surface area contributed by atoms with Gasteiger partial charge in [0.2, 0.25) is 5.91 Å². The molecular formula is C14H28N2O3. The highest BCUT2D eigenvalue weighted by Crippen LogP contribution is 2.20. The van der Waals surface area contributed by atoms with Crippen LogP contribution in [0.1, 0.15) is 47.0 Å². The average molecular weight is 272 g/mol. The summed E-state index contributed by atoms with van der Waals surface area (Å²) in [6.45, 7) is 8.42. The van der Waals surface area contributed by atoms with Crippen LogP contribution in [-0.2, 0) is 9.59 Å². The molecule has 5 heteroatoms. The van der Waals surface area contributed by atoms with E-state index in [1.807, 2.05) is 0 Å². The molecule has 0 bridgehead atoms. The van der Waals surface area contributed by atoms with Gasteiger partial charge >= 0.3 is 5.97 Å². The third-order valence-corrected chi connectivity index (χ3v) is 3.47. The lowest BCUT2D eigenvalue weighted by Gasteiger charge is -2.21. The maximum atomic E-state index is 11.8. The lowest BCUT2D eigenvalue weighted by molar-refractivity contribution is -0.143. The van der Waals surface area contributed by atoms with E-state index in [2.05, 4.69) is 19.2 Å². The number of amides is 1. The molecule has 0 aliphatic carbocycles. The highest BCUT2D eigenvalue weighted by atomic mass is 16.4. The van der Waals surface area contributed by atoms with Crippen LogP contribution in [0.25, 0.3) is 0 Å². The van der Waals surface area contributed by atoms with Crippen molar-refractivity contribution in [1.29, 1.82) is 0 Å². The van der Waals surface area contributed by atoms with E-state index in [0.29, 0.717) is 24.8 Å². The van der Waals surface area contributed by atoms with E-state index >= 15 is 0 Å². The molecule has 0 aliphatic heterocycles. The number of carbonyl (C=O) groups is 2. The van der Waals surface area contributed by atoms with Crippen molar-refractivity contribution in [2.75, 3.05) is 6.54 Å². The molecule has 4 N–H and O–H groups in total. The molecule has 112 valence electrons. The maximum absolute atomic E-state index is 11.8. The summed E-state index contributed by atoms with van der Waals surface area (Å²) in [6, 6.07) is -0.806. The molecule has 1 amide bonds. The SMILES string of the molecule is CC(C)C(CCN)CCC(=O)N[C@H](C(=O)O)C(C)C. The Morgan fingerprint density at radius 1 is 1.11 bits per heavy atom. The number of carbonyl (C=O) groups excluding carboxylic acids is 1. The van der Waals surface area contributed by atoms with E-state index < -0.39 is 12.0 Å². The third-order valence-electron chi connectivity index (χ3n) is 3.47. The predicted octanol–water partition coefficient (Wildman–Crippen LogP) is 1.61. The van der Waals surface area contributed by atoms with E-state index in [-0.39, 0.29) is 11.8 Å². The maximum Gasteiger partial charge on any atom is 0.326 e. The zero-order valence-electron chi connectivity index (χ0n) is 12.5. The van der Waals surface area contributed by atoms with Crippen LogP contribution in [0.5, 0.6) is 0 Å². The van der Waals surface area contributed by atoms with Crippen LogP contribution >= 0.6 is 0 Å². The molecule has 0 saturated heterocycles. The Hall–Kier alpha value is -1.10. The quantitative estimate of drug-likeness (QED) is 0.594. The Morgan fingerprint density at radius 2 is 1.68 bits per heavy atom. The smallest absolute Gasteiger partial charge is 0.326 e. The number of aliphatic carboxylic acids is 1. The predicted molar refractivity (Wildman–Crippen MR) is 75.6 cm³/mol. The number of rotatable bonds is 9. The summed E-state index contributed by atoms with van der Waals surface area (Å²) >= 11 is 0. The van der Waals surface area contributed by atoms with Crippen LogP contribution in [0.4, 0.5) is 0 Å². The fraction of sp³-hybridized carbons (Fsp3) is 0.857. The van der Waals surface area contributed by atoms with Gasteiger partial charge in [0.1, 0.15) is 6.04 Å². The average Bonchev–Trinajstić information content (AvgIpc) is 2.30. The molecule has 0 aliphatic rings. The van der Waals surface area contributed by atoms with Gasteiger partial charge in [0, 0.05) is 6.42 Å². The molecule has 0 saturated carbocycles. The van der Waals surface area contributed by atoms with Gasteiger partial charge in [-0.15, -0.1) is 0 Å². The van der Waals surface area contributed by atoms with Crippen LogP contribution in [-0.4, -0.2) is 29.6 Å². The largest absolute Gasteiger partial charge is 0.480 e. The second kappa shape index (κ2) is 8.91. The number of nitrogens with two attached hydrogens (primary N) is 1. The van der Waals surface area contributed by atoms with E-state index in [4.69, 9.17) is 10.8 Å². The number of nitrogens with one attached hydrogen (secondary N) is 1. The second-order valence-corrected chi connectivity index (χ2v) is 5.75. The zero-order chi connectivity index (χ0) is 15.0. The van der Waals surface area contributed by atoms with Crippen LogP contribution in [0.2, 0.25) is 0 Å². The Morgan fingerprint density at radius 3 is 2.05 bits per heavy atom. The summed E-state index contributed by atoms with van der Waals surface area (Å²) < 4.78 is 0. The van der Waals surface area contributed by atoms with E-state index in [9.17, 15) is 9.59 Å². The van der Waals surface area contributed by atoms with Crippen molar-refractivity contribution in [1.82, 2.24) is 5.32 Å². The summed E-state index contributed by atoms with van der Waals surface area (Å²) in [5.74, 6) is -0.393. The van der Waals surface area contributed by atoms with Gasteiger partial charge in [-0.2, -0.15) is 0 Å². The van der Waals surface area contributed by atoms with E-state index in [1.54, 1.807) is 13.8 Å². The molecule has 0 aromatic heterocycles. The Bertz CT molecular complexity index is 290.